The number of aromatic nitrogens is 4. The molecule has 4 heterocycles. The molecule has 8 heteroatoms. The standard InChI is InChI=1S/C21H22N4OS3/c1-2-6-16(7-3-1)25-19(12-17-8-4-10-27-17)23-24-21(25)29-14-15-13-26-20(22-15)18-9-5-11-28-18/h4-5,8-11,13,16H,1-3,6-7,12,14H2. The molecule has 0 N–H and O–H groups in total. The molecule has 4 aromatic heterocycles. The van der Waals surface area contributed by atoms with Gasteiger partial charge < -0.3 is 8.98 Å². The first-order valence-electron chi connectivity index (χ1n) is 9.94. The Balaban J connectivity index is 1.35. The van der Waals surface area contributed by atoms with E-state index in [2.05, 4.69) is 37.3 Å². The average Bonchev–Trinajstić information content (AvgIpc) is 3.54. The second-order valence-corrected chi connectivity index (χ2v) is 10.1. The highest BCUT2D eigenvalue weighted by Crippen LogP contribution is 2.34. The van der Waals surface area contributed by atoms with Crippen LogP contribution in [0.15, 0.2) is 50.9 Å². The first kappa shape index (κ1) is 19.1. The fourth-order valence-corrected chi connectivity index (χ4v) is 6.09. The minimum Gasteiger partial charge on any atom is -0.444 e. The largest absolute Gasteiger partial charge is 0.444 e. The highest BCUT2D eigenvalue weighted by molar-refractivity contribution is 7.98. The molecule has 1 aliphatic carbocycles. The van der Waals surface area contributed by atoms with Crippen molar-refractivity contribution in [3.8, 4) is 10.8 Å². The molecule has 0 bridgehead atoms. The Labute approximate surface area is 182 Å². The zero-order valence-corrected chi connectivity index (χ0v) is 18.4. The molecule has 0 saturated heterocycles. The van der Waals surface area contributed by atoms with Crippen molar-refractivity contribution in [2.45, 2.75) is 55.5 Å². The van der Waals surface area contributed by atoms with Crippen molar-refractivity contribution in [2.24, 2.45) is 0 Å². The van der Waals surface area contributed by atoms with Crippen LogP contribution < -0.4 is 0 Å². The summed E-state index contributed by atoms with van der Waals surface area (Å²) in [5.74, 6) is 2.52. The van der Waals surface area contributed by atoms with Crippen molar-refractivity contribution < 1.29 is 4.42 Å². The number of thiophene rings is 2. The van der Waals surface area contributed by atoms with Gasteiger partial charge in [-0.05, 0) is 35.7 Å². The van der Waals surface area contributed by atoms with Gasteiger partial charge in [-0.1, -0.05) is 43.2 Å². The Morgan fingerprint density at radius 1 is 1.07 bits per heavy atom. The van der Waals surface area contributed by atoms with Gasteiger partial charge in [-0.25, -0.2) is 4.98 Å². The van der Waals surface area contributed by atoms with E-state index in [1.54, 1.807) is 40.7 Å². The van der Waals surface area contributed by atoms with Crippen LogP contribution in [-0.4, -0.2) is 19.7 Å². The van der Waals surface area contributed by atoms with E-state index in [0.29, 0.717) is 11.9 Å². The van der Waals surface area contributed by atoms with E-state index in [1.807, 2.05) is 17.5 Å². The third-order valence-electron chi connectivity index (χ3n) is 5.22. The smallest absolute Gasteiger partial charge is 0.236 e. The van der Waals surface area contributed by atoms with Gasteiger partial charge in [0.1, 0.15) is 12.1 Å². The van der Waals surface area contributed by atoms with Crippen LogP contribution in [-0.2, 0) is 12.2 Å². The molecule has 1 fully saturated rings. The molecule has 0 aliphatic heterocycles. The van der Waals surface area contributed by atoms with E-state index in [4.69, 9.17) is 4.42 Å². The molecule has 4 aromatic rings. The van der Waals surface area contributed by atoms with Gasteiger partial charge in [0.15, 0.2) is 5.16 Å². The SMILES string of the molecule is c1csc(Cc2nnc(SCc3coc(-c4cccs4)n3)n2C2CCCCC2)c1. The molecule has 0 amide bonds. The van der Waals surface area contributed by atoms with Crippen LogP contribution in [0.3, 0.4) is 0 Å². The number of rotatable bonds is 7. The topological polar surface area (TPSA) is 56.7 Å². The Morgan fingerprint density at radius 2 is 1.93 bits per heavy atom. The van der Waals surface area contributed by atoms with Gasteiger partial charge in [-0.3, -0.25) is 0 Å². The number of nitrogens with zero attached hydrogens (tertiary/aromatic N) is 4. The van der Waals surface area contributed by atoms with Crippen molar-refractivity contribution in [2.75, 3.05) is 0 Å². The Hall–Kier alpha value is -1.90. The highest BCUT2D eigenvalue weighted by Gasteiger charge is 2.23. The van der Waals surface area contributed by atoms with Gasteiger partial charge in [0.2, 0.25) is 5.89 Å². The number of hydrogen-bond acceptors (Lipinski definition) is 7. The molecule has 5 nitrogen and oxygen atoms in total. The summed E-state index contributed by atoms with van der Waals surface area (Å²) in [6.07, 6.45) is 8.97. The molecule has 0 aromatic carbocycles. The van der Waals surface area contributed by atoms with Gasteiger partial charge in [-0.2, -0.15) is 0 Å². The molecule has 0 spiro atoms. The molecule has 0 unspecified atom stereocenters. The first-order valence-corrected chi connectivity index (χ1v) is 12.7. The van der Waals surface area contributed by atoms with Gasteiger partial charge in [0.05, 0.1) is 10.6 Å². The normalized spacial score (nSPS) is 15.2. The predicted octanol–water partition coefficient (Wildman–Crippen LogP) is 6.44. The molecule has 5 rings (SSSR count). The lowest BCUT2D eigenvalue weighted by Gasteiger charge is -2.25. The van der Waals surface area contributed by atoms with Crippen molar-refractivity contribution in [1.82, 2.24) is 19.7 Å². The van der Waals surface area contributed by atoms with E-state index >= 15 is 0 Å². The zero-order valence-electron chi connectivity index (χ0n) is 16.0. The van der Waals surface area contributed by atoms with Crippen LogP contribution >= 0.6 is 34.4 Å². The van der Waals surface area contributed by atoms with Crippen LogP contribution in [0.5, 0.6) is 0 Å². The fraction of sp³-hybridized carbons (Fsp3) is 0.381. The maximum absolute atomic E-state index is 5.66. The van der Waals surface area contributed by atoms with Gasteiger partial charge in [0.25, 0.3) is 0 Å². The van der Waals surface area contributed by atoms with E-state index in [0.717, 1.165) is 33.7 Å². The molecule has 0 radical (unpaired) electrons. The van der Waals surface area contributed by atoms with Gasteiger partial charge >= 0.3 is 0 Å². The summed E-state index contributed by atoms with van der Waals surface area (Å²) in [5.41, 5.74) is 0.941. The summed E-state index contributed by atoms with van der Waals surface area (Å²) >= 11 is 5.14. The van der Waals surface area contributed by atoms with Gasteiger partial charge in [0, 0.05) is 23.1 Å². The second kappa shape index (κ2) is 8.85. The summed E-state index contributed by atoms with van der Waals surface area (Å²) in [5, 5.41) is 14.3. The summed E-state index contributed by atoms with van der Waals surface area (Å²) < 4.78 is 8.07. The summed E-state index contributed by atoms with van der Waals surface area (Å²) in [4.78, 5) is 7.04. The number of hydrogen-bond donors (Lipinski definition) is 0. The maximum atomic E-state index is 5.66. The molecule has 1 saturated carbocycles. The Kier molecular flexibility index (Phi) is 5.83. The molecule has 29 heavy (non-hydrogen) atoms. The Morgan fingerprint density at radius 3 is 2.72 bits per heavy atom. The van der Waals surface area contributed by atoms with E-state index in [-0.39, 0.29) is 0 Å². The maximum Gasteiger partial charge on any atom is 0.236 e. The summed E-state index contributed by atoms with van der Waals surface area (Å²) in [6.45, 7) is 0. The molecule has 150 valence electrons. The van der Waals surface area contributed by atoms with Crippen LogP contribution in [0.4, 0.5) is 0 Å². The average molecular weight is 443 g/mol. The van der Waals surface area contributed by atoms with Crippen molar-refractivity contribution in [1.29, 1.82) is 0 Å². The van der Waals surface area contributed by atoms with Crippen LogP contribution in [0.2, 0.25) is 0 Å². The summed E-state index contributed by atoms with van der Waals surface area (Å²) in [7, 11) is 0. The van der Waals surface area contributed by atoms with Crippen molar-refractivity contribution in [3.63, 3.8) is 0 Å². The minimum absolute atomic E-state index is 0.509. The monoisotopic (exact) mass is 442 g/mol. The summed E-state index contributed by atoms with van der Waals surface area (Å²) in [6, 6.07) is 8.84. The Bertz CT molecular complexity index is 1030. The molecular weight excluding hydrogens is 420 g/mol. The van der Waals surface area contributed by atoms with Gasteiger partial charge in [-0.15, -0.1) is 32.9 Å². The molecular formula is C21H22N4OS3. The predicted molar refractivity (Wildman–Crippen MR) is 119 cm³/mol. The minimum atomic E-state index is 0.509. The lowest BCUT2D eigenvalue weighted by atomic mass is 9.95. The number of thioether (sulfide) groups is 1. The third-order valence-corrected chi connectivity index (χ3v) is 7.93. The fourth-order valence-electron chi connectivity index (χ4n) is 3.83. The lowest BCUT2D eigenvalue weighted by Crippen LogP contribution is -2.16. The van der Waals surface area contributed by atoms with Crippen LogP contribution in [0.1, 0.15) is 54.5 Å². The second-order valence-electron chi connectivity index (χ2n) is 7.23. The number of oxazole rings is 1. The molecule has 0 atom stereocenters. The van der Waals surface area contributed by atoms with Crippen molar-refractivity contribution in [3.05, 3.63) is 57.7 Å². The lowest BCUT2D eigenvalue weighted by molar-refractivity contribution is 0.330. The third kappa shape index (κ3) is 4.34. The quantitative estimate of drug-likeness (QED) is 0.308. The van der Waals surface area contributed by atoms with E-state index < -0.39 is 0 Å². The van der Waals surface area contributed by atoms with Crippen molar-refractivity contribution >= 4 is 34.4 Å². The van der Waals surface area contributed by atoms with Crippen LogP contribution in [0.25, 0.3) is 10.8 Å². The molecule has 1 aliphatic rings. The first-order chi connectivity index (χ1) is 14.4. The van der Waals surface area contributed by atoms with E-state index in [9.17, 15) is 0 Å². The zero-order chi connectivity index (χ0) is 19.5. The van der Waals surface area contributed by atoms with Crippen LogP contribution in [0, 0.1) is 0 Å². The highest BCUT2D eigenvalue weighted by atomic mass is 32.2. The van der Waals surface area contributed by atoms with E-state index in [1.165, 1.54) is 37.0 Å².